The Morgan fingerprint density at radius 1 is 1.29 bits per heavy atom. The fourth-order valence-corrected chi connectivity index (χ4v) is 2.04. The van der Waals surface area contributed by atoms with E-state index in [1.165, 1.54) is 30.5 Å². The van der Waals surface area contributed by atoms with E-state index >= 15 is 0 Å². The standard InChI is InChI=1S/C16H27N/c1-6-13(2)7-9-15-10-12-16(17(4)5)11-8-14(15)3/h8,11-13H,6-7,9-10H2,1-5H3. The first-order valence-electron chi connectivity index (χ1n) is 6.78. The summed E-state index contributed by atoms with van der Waals surface area (Å²) in [7, 11) is 4.21. The summed E-state index contributed by atoms with van der Waals surface area (Å²) in [4.78, 5) is 2.18. The molecule has 17 heavy (non-hydrogen) atoms. The Labute approximate surface area is 107 Å². The van der Waals surface area contributed by atoms with Gasteiger partial charge in [0, 0.05) is 19.8 Å². The van der Waals surface area contributed by atoms with Crippen molar-refractivity contribution in [2.24, 2.45) is 5.92 Å². The van der Waals surface area contributed by atoms with Gasteiger partial charge in [0.2, 0.25) is 0 Å². The monoisotopic (exact) mass is 233 g/mol. The number of nitrogens with zero attached hydrogens (tertiary/aromatic N) is 1. The fourth-order valence-electron chi connectivity index (χ4n) is 2.04. The fraction of sp³-hybridized carbons (Fsp3) is 0.625. The summed E-state index contributed by atoms with van der Waals surface area (Å²) >= 11 is 0. The molecule has 0 aliphatic heterocycles. The molecule has 0 fully saturated rings. The minimum atomic E-state index is 0.847. The first kappa shape index (κ1) is 14.1. The highest BCUT2D eigenvalue weighted by molar-refractivity contribution is 5.34. The third-order valence-corrected chi connectivity index (χ3v) is 3.77. The third-order valence-electron chi connectivity index (χ3n) is 3.77. The smallest absolute Gasteiger partial charge is 0.0323 e. The van der Waals surface area contributed by atoms with Crippen molar-refractivity contribution in [3.05, 3.63) is 35.1 Å². The van der Waals surface area contributed by atoms with Crippen molar-refractivity contribution in [2.45, 2.75) is 46.5 Å². The molecule has 0 amide bonds. The average molecular weight is 233 g/mol. The molecule has 0 saturated carbocycles. The summed E-state index contributed by atoms with van der Waals surface area (Å²) in [5.41, 5.74) is 4.39. The lowest BCUT2D eigenvalue weighted by Crippen LogP contribution is -2.08. The summed E-state index contributed by atoms with van der Waals surface area (Å²) in [5, 5.41) is 0. The molecule has 1 atom stereocenters. The quantitative estimate of drug-likeness (QED) is 0.674. The minimum absolute atomic E-state index is 0.847. The second-order valence-corrected chi connectivity index (χ2v) is 5.40. The van der Waals surface area contributed by atoms with E-state index in [2.05, 4.69) is 58.0 Å². The van der Waals surface area contributed by atoms with Crippen molar-refractivity contribution in [3.63, 3.8) is 0 Å². The van der Waals surface area contributed by atoms with Gasteiger partial charge in [-0.3, -0.25) is 0 Å². The van der Waals surface area contributed by atoms with E-state index in [-0.39, 0.29) is 0 Å². The van der Waals surface area contributed by atoms with Gasteiger partial charge in [-0.2, -0.15) is 0 Å². The highest BCUT2D eigenvalue weighted by atomic mass is 15.1. The van der Waals surface area contributed by atoms with Crippen LogP contribution < -0.4 is 0 Å². The lowest BCUT2D eigenvalue weighted by molar-refractivity contribution is 0.511. The van der Waals surface area contributed by atoms with Crippen LogP contribution in [-0.4, -0.2) is 19.0 Å². The van der Waals surface area contributed by atoms with Gasteiger partial charge in [0.05, 0.1) is 0 Å². The second kappa shape index (κ2) is 6.68. The van der Waals surface area contributed by atoms with Gasteiger partial charge >= 0.3 is 0 Å². The van der Waals surface area contributed by atoms with Crippen LogP contribution in [0.15, 0.2) is 35.1 Å². The average Bonchev–Trinajstić information content (AvgIpc) is 2.48. The predicted octanol–water partition coefficient (Wildman–Crippen LogP) is 4.53. The van der Waals surface area contributed by atoms with Crippen LogP contribution in [0.3, 0.4) is 0 Å². The van der Waals surface area contributed by atoms with Crippen LogP contribution in [0.4, 0.5) is 0 Å². The molecule has 96 valence electrons. The van der Waals surface area contributed by atoms with Crippen molar-refractivity contribution < 1.29 is 0 Å². The molecule has 0 saturated heterocycles. The van der Waals surface area contributed by atoms with Crippen LogP contribution in [0.2, 0.25) is 0 Å². The Morgan fingerprint density at radius 2 is 2.00 bits per heavy atom. The van der Waals surface area contributed by atoms with E-state index in [9.17, 15) is 0 Å². The highest BCUT2D eigenvalue weighted by Gasteiger charge is 2.07. The van der Waals surface area contributed by atoms with Crippen molar-refractivity contribution in [1.82, 2.24) is 4.90 Å². The molecule has 1 aliphatic carbocycles. The number of likely N-dealkylation sites (N-methyl/N-ethyl adjacent to an activating group) is 1. The van der Waals surface area contributed by atoms with Gasteiger partial charge in [0.1, 0.15) is 0 Å². The van der Waals surface area contributed by atoms with Gasteiger partial charge in [-0.15, -0.1) is 0 Å². The van der Waals surface area contributed by atoms with E-state index in [1.54, 1.807) is 5.57 Å². The molecule has 0 N–H and O–H groups in total. The van der Waals surface area contributed by atoms with Crippen LogP contribution in [0.1, 0.15) is 46.5 Å². The minimum Gasteiger partial charge on any atom is -0.378 e. The van der Waals surface area contributed by atoms with Crippen molar-refractivity contribution in [1.29, 1.82) is 0 Å². The van der Waals surface area contributed by atoms with E-state index in [1.807, 2.05) is 0 Å². The van der Waals surface area contributed by atoms with Gasteiger partial charge in [-0.1, -0.05) is 43.6 Å². The molecule has 0 aromatic heterocycles. The van der Waals surface area contributed by atoms with Crippen LogP contribution >= 0.6 is 0 Å². The maximum atomic E-state index is 2.35. The summed E-state index contributed by atoms with van der Waals surface area (Å²) in [6.45, 7) is 6.88. The van der Waals surface area contributed by atoms with Gasteiger partial charge in [-0.25, -0.2) is 0 Å². The lowest BCUT2D eigenvalue weighted by Gasteiger charge is -2.13. The molecule has 0 aromatic carbocycles. The van der Waals surface area contributed by atoms with Gasteiger partial charge in [0.15, 0.2) is 0 Å². The molecule has 1 heteroatoms. The summed E-state index contributed by atoms with van der Waals surface area (Å²) < 4.78 is 0. The molecule has 1 rings (SSSR count). The topological polar surface area (TPSA) is 3.24 Å². The zero-order chi connectivity index (χ0) is 12.8. The van der Waals surface area contributed by atoms with Gasteiger partial charge < -0.3 is 4.90 Å². The maximum Gasteiger partial charge on any atom is 0.0323 e. The SMILES string of the molecule is CCC(C)CCC1=C(C)C=CC(N(C)C)=CC1. The molecule has 0 heterocycles. The van der Waals surface area contributed by atoms with E-state index in [0.717, 1.165) is 12.3 Å². The maximum absolute atomic E-state index is 2.35. The molecule has 1 unspecified atom stereocenters. The Balaban J connectivity index is 2.64. The number of hydrogen-bond acceptors (Lipinski definition) is 1. The lowest BCUT2D eigenvalue weighted by atomic mass is 9.95. The summed E-state index contributed by atoms with van der Waals surface area (Å²) in [6, 6.07) is 0. The van der Waals surface area contributed by atoms with Gasteiger partial charge in [0.25, 0.3) is 0 Å². The Kier molecular flexibility index (Phi) is 5.54. The molecule has 0 radical (unpaired) electrons. The first-order chi connectivity index (χ1) is 8.04. The van der Waals surface area contributed by atoms with Crippen molar-refractivity contribution in [2.75, 3.05) is 14.1 Å². The van der Waals surface area contributed by atoms with E-state index in [4.69, 9.17) is 0 Å². The molecule has 0 aromatic rings. The van der Waals surface area contributed by atoms with Crippen LogP contribution in [0.5, 0.6) is 0 Å². The molecular weight excluding hydrogens is 206 g/mol. The van der Waals surface area contributed by atoms with Crippen LogP contribution in [0, 0.1) is 5.92 Å². The van der Waals surface area contributed by atoms with E-state index < -0.39 is 0 Å². The largest absolute Gasteiger partial charge is 0.378 e. The molecule has 1 nitrogen and oxygen atoms in total. The Bertz CT molecular complexity index is 331. The highest BCUT2D eigenvalue weighted by Crippen LogP contribution is 2.24. The number of rotatable bonds is 5. The van der Waals surface area contributed by atoms with Crippen LogP contribution in [0.25, 0.3) is 0 Å². The molecule has 0 spiro atoms. The molecule has 1 aliphatic rings. The molecular formula is C16H27N. The Hall–Kier alpha value is -0.980. The summed E-state index contributed by atoms with van der Waals surface area (Å²) in [5.74, 6) is 0.847. The number of hydrogen-bond donors (Lipinski definition) is 0. The second-order valence-electron chi connectivity index (χ2n) is 5.40. The van der Waals surface area contributed by atoms with Crippen LogP contribution in [-0.2, 0) is 0 Å². The number of allylic oxidation sites excluding steroid dienone is 5. The van der Waals surface area contributed by atoms with E-state index in [0.29, 0.717) is 0 Å². The zero-order valence-electron chi connectivity index (χ0n) is 12.1. The first-order valence-corrected chi connectivity index (χ1v) is 6.78. The normalized spacial score (nSPS) is 17.8. The summed E-state index contributed by atoms with van der Waals surface area (Å²) in [6.07, 6.45) is 11.8. The van der Waals surface area contributed by atoms with Crippen molar-refractivity contribution >= 4 is 0 Å². The predicted molar refractivity (Wildman–Crippen MR) is 76.9 cm³/mol. The third kappa shape index (κ3) is 4.41. The zero-order valence-corrected chi connectivity index (χ0v) is 12.1. The molecule has 0 bridgehead atoms. The van der Waals surface area contributed by atoms with Crippen molar-refractivity contribution in [3.8, 4) is 0 Å². The Morgan fingerprint density at radius 3 is 2.59 bits per heavy atom. The van der Waals surface area contributed by atoms with Gasteiger partial charge in [-0.05, 0) is 38.2 Å².